The lowest BCUT2D eigenvalue weighted by Gasteiger charge is -2.37. The van der Waals surface area contributed by atoms with E-state index in [1.165, 1.54) is 0 Å². The van der Waals surface area contributed by atoms with E-state index >= 15 is 0 Å². The third-order valence-electron chi connectivity index (χ3n) is 3.96. The van der Waals surface area contributed by atoms with Crippen molar-refractivity contribution in [1.82, 2.24) is 0 Å². The highest BCUT2D eigenvalue weighted by Gasteiger charge is 2.40. The molecule has 0 aromatic heterocycles. The van der Waals surface area contributed by atoms with Crippen LogP contribution >= 0.6 is 7.60 Å². The van der Waals surface area contributed by atoms with Crippen LogP contribution < -0.4 is 0 Å². The van der Waals surface area contributed by atoms with Crippen LogP contribution in [0.2, 0.25) is 0 Å². The molecule has 0 aliphatic rings. The maximum Gasteiger partial charge on any atom is 0.336 e. The van der Waals surface area contributed by atoms with E-state index in [1.54, 1.807) is 0 Å². The van der Waals surface area contributed by atoms with Gasteiger partial charge in [-0.2, -0.15) is 0 Å². The molecule has 19 heavy (non-hydrogen) atoms. The Kier molecular flexibility index (Phi) is 7.82. The second-order valence-electron chi connectivity index (χ2n) is 5.93. The fraction of sp³-hybridized carbons (Fsp3) is 1.00. The molecule has 0 aliphatic heterocycles. The molecule has 0 spiro atoms. The fourth-order valence-corrected chi connectivity index (χ4v) is 3.61. The summed E-state index contributed by atoms with van der Waals surface area (Å²) in [6, 6.07) is 0. The van der Waals surface area contributed by atoms with Gasteiger partial charge in [-0.25, -0.2) is 0 Å². The molecule has 0 rings (SSSR count). The van der Waals surface area contributed by atoms with Gasteiger partial charge in [0.25, 0.3) is 0 Å². The molecule has 0 fully saturated rings. The summed E-state index contributed by atoms with van der Waals surface area (Å²) < 4.78 is 24.9. The fourth-order valence-electron chi connectivity index (χ4n) is 2.09. The van der Waals surface area contributed by atoms with E-state index in [1.807, 2.05) is 27.7 Å². The van der Waals surface area contributed by atoms with E-state index in [9.17, 15) is 4.57 Å². The molecule has 0 N–H and O–H groups in total. The van der Waals surface area contributed by atoms with Crippen LogP contribution in [-0.2, 0) is 13.6 Å². The first kappa shape index (κ1) is 19.1. The van der Waals surface area contributed by atoms with Crippen molar-refractivity contribution in [3.8, 4) is 0 Å². The highest BCUT2D eigenvalue weighted by molar-refractivity contribution is 7.55. The first-order chi connectivity index (χ1) is 8.70. The summed E-state index contributed by atoms with van der Waals surface area (Å²) in [6.07, 6.45) is 0. The van der Waals surface area contributed by atoms with Crippen molar-refractivity contribution in [3.05, 3.63) is 0 Å². The zero-order chi connectivity index (χ0) is 15.2. The van der Waals surface area contributed by atoms with Gasteiger partial charge in [0.2, 0.25) is 0 Å². The molecule has 0 amide bonds. The average molecular weight is 294 g/mol. The van der Waals surface area contributed by atoms with Crippen LogP contribution in [0.4, 0.5) is 0 Å². The summed E-state index contributed by atoms with van der Waals surface area (Å²) in [5.74, 6) is 0. The predicted molar refractivity (Wildman–Crippen MR) is 81.7 cm³/mol. The van der Waals surface area contributed by atoms with Gasteiger partial charge in [-0.15, -0.1) is 0 Å². The molecule has 1 atom stereocenters. The Morgan fingerprint density at radius 3 is 1.74 bits per heavy atom. The number of hydrogen-bond donors (Lipinski definition) is 0. The lowest BCUT2D eigenvalue weighted by atomic mass is 10.3. The molecule has 0 aromatic carbocycles. The second-order valence-corrected chi connectivity index (χ2v) is 8.79. The van der Waals surface area contributed by atoms with Gasteiger partial charge in [0, 0.05) is 0 Å². The molecule has 0 bridgehead atoms. The minimum absolute atomic E-state index is 0.421. The molecule has 0 aliphatic carbocycles. The molecule has 0 saturated heterocycles. The summed E-state index contributed by atoms with van der Waals surface area (Å²) in [7, 11) is -3.03. The molecule has 4 nitrogen and oxygen atoms in total. The highest BCUT2D eigenvalue weighted by atomic mass is 31.2. The Morgan fingerprint density at radius 1 is 0.947 bits per heavy atom. The van der Waals surface area contributed by atoms with E-state index in [4.69, 9.17) is 9.05 Å². The maximum atomic E-state index is 12.7. The Morgan fingerprint density at radius 2 is 1.42 bits per heavy atom. The van der Waals surface area contributed by atoms with Crippen LogP contribution in [0.15, 0.2) is 0 Å². The monoisotopic (exact) mass is 294 g/mol. The van der Waals surface area contributed by atoms with Crippen molar-refractivity contribution in [2.75, 3.05) is 39.4 Å². The van der Waals surface area contributed by atoms with Gasteiger partial charge in [-0.05, 0) is 48.5 Å². The normalized spacial score (nSPS) is 16.4. The van der Waals surface area contributed by atoms with Gasteiger partial charge < -0.3 is 13.5 Å². The molecule has 116 valence electrons. The average Bonchev–Trinajstić information content (AvgIpc) is 2.34. The van der Waals surface area contributed by atoms with Crippen LogP contribution in [0.25, 0.3) is 0 Å². The zero-order valence-electron chi connectivity index (χ0n) is 13.9. The minimum atomic E-state index is -3.03. The first-order valence-corrected chi connectivity index (χ1v) is 8.98. The van der Waals surface area contributed by atoms with Crippen LogP contribution in [0.3, 0.4) is 0 Å². The standard InChI is InChI=1S/C14H33NO3P/c1-8-15(9-2,10-3)12-13-18-19(16,17-11-4)14(5,6)7/h8-13H2,1-7H3/q+1. The quantitative estimate of drug-likeness (QED) is 0.478. The SMILES string of the molecule is CCOP(=O)(OCC[N+](CC)(CC)CC)C(C)(C)C. The van der Waals surface area contributed by atoms with E-state index in [0.29, 0.717) is 13.2 Å². The number of nitrogens with zero attached hydrogens (tertiary/aromatic N) is 1. The van der Waals surface area contributed by atoms with Crippen LogP contribution in [0.5, 0.6) is 0 Å². The van der Waals surface area contributed by atoms with Crippen LogP contribution in [0.1, 0.15) is 48.5 Å². The van der Waals surface area contributed by atoms with Gasteiger partial charge >= 0.3 is 7.60 Å². The van der Waals surface area contributed by atoms with Crippen molar-refractivity contribution < 1.29 is 18.1 Å². The Bertz CT molecular complexity index is 287. The molecule has 0 aromatic rings. The van der Waals surface area contributed by atoms with E-state index in [-0.39, 0.29) is 0 Å². The first-order valence-electron chi connectivity index (χ1n) is 7.44. The van der Waals surface area contributed by atoms with Gasteiger partial charge in [-0.1, -0.05) is 0 Å². The second kappa shape index (κ2) is 7.78. The van der Waals surface area contributed by atoms with Gasteiger partial charge in [0.15, 0.2) is 0 Å². The smallest absolute Gasteiger partial charge is 0.322 e. The summed E-state index contributed by atoms with van der Waals surface area (Å²) in [5, 5.41) is -0.469. The van der Waals surface area contributed by atoms with Gasteiger partial charge in [0.1, 0.15) is 13.2 Å². The largest absolute Gasteiger partial charge is 0.336 e. The van der Waals surface area contributed by atoms with Gasteiger partial charge in [-0.3, -0.25) is 4.57 Å². The number of hydrogen-bond acceptors (Lipinski definition) is 3. The van der Waals surface area contributed by atoms with Crippen molar-refractivity contribution in [3.63, 3.8) is 0 Å². The number of likely N-dealkylation sites (N-methyl/N-ethyl adjacent to an activating group) is 1. The molecule has 0 heterocycles. The van der Waals surface area contributed by atoms with E-state index < -0.39 is 12.8 Å². The van der Waals surface area contributed by atoms with Crippen molar-refractivity contribution in [2.45, 2.75) is 53.6 Å². The highest BCUT2D eigenvalue weighted by Crippen LogP contribution is 2.59. The summed E-state index contributed by atoms with van der Waals surface area (Å²) in [6.45, 7) is 19.2. The Balaban J connectivity index is 4.63. The van der Waals surface area contributed by atoms with Crippen molar-refractivity contribution >= 4 is 7.60 Å². The molecule has 5 heteroatoms. The lowest BCUT2D eigenvalue weighted by molar-refractivity contribution is -0.923. The predicted octanol–water partition coefficient (Wildman–Crippen LogP) is 3.91. The van der Waals surface area contributed by atoms with Crippen LogP contribution in [0, 0.1) is 0 Å². The molecular weight excluding hydrogens is 261 g/mol. The minimum Gasteiger partial charge on any atom is -0.322 e. The maximum absolute atomic E-state index is 12.7. The topological polar surface area (TPSA) is 35.5 Å². The third kappa shape index (κ3) is 5.18. The van der Waals surface area contributed by atoms with E-state index in [2.05, 4.69) is 20.8 Å². The lowest BCUT2D eigenvalue weighted by Crippen LogP contribution is -2.49. The number of rotatable bonds is 9. The molecular formula is C14H33NO3P+. The number of quaternary nitrogens is 1. The third-order valence-corrected chi connectivity index (χ3v) is 6.72. The van der Waals surface area contributed by atoms with Crippen molar-refractivity contribution in [1.29, 1.82) is 0 Å². The van der Waals surface area contributed by atoms with Crippen LogP contribution in [-0.4, -0.2) is 49.0 Å². The summed E-state index contributed by atoms with van der Waals surface area (Å²) >= 11 is 0. The molecule has 0 radical (unpaired) electrons. The Hall–Kier alpha value is 0.110. The summed E-state index contributed by atoms with van der Waals surface area (Å²) in [4.78, 5) is 0. The molecule has 0 saturated carbocycles. The van der Waals surface area contributed by atoms with Gasteiger partial charge in [0.05, 0.1) is 31.4 Å². The van der Waals surface area contributed by atoms with E-state index in [0.717, 1.165) is 30.7 Å². The van der Waals surface area contributed by atoms with Crippen molar-refractivity contribution in [2.24, 2.45) is 0 Å². The summed E-state index contributed by atoms with van der Waals surface area (Å²) in [5.41, 5.74) is 0. The zero-order valence-corrected chi connectivity index (χ0v) is 14.8. The molecule has 1 unspecified atom stereocenters. The Labute approximate surface area is 119 Å².